The van der Waals surface area contributed by atoms with Crippen LogP contribution >= 0.6 is 0 Å². The van der Waals surface area contributed by atoms with E-state index in [-0.39, 0.29) is 5.91 Å². The molecule has 6 nitrogen and oxygen atoms in total. The largest absolute Gasteiger partial charge is 0.323 e. The zero-order chi connectivity index (χ0) is 14.7. The fourth-order valence-electron chi connectivity index (χ4n) is 2.01. The van der Waals surface area contributed by atoms with Crippen LogP contribution in [-0.4, -0.2) is 15.9 Å². The molecule has 0 radical (unpaired) electrons. The van der Waals surface area contributed by atoms with E-state index in [1.807, 2.05) is 30.3 Å². The van der Waals surface area contributed by atoms with Gasteiger partial charge in [0.15, 0.2) is 0 Å². The molecule has 0 aliphatic carbocycles. The first-order valence-electron chi connectivity index (χ1n) is 6.36. The topological polar surface area (TPSA) is 92.9 Å². The molecule has 104 valence electrons. The maximum absolute atomic E-state index is 12.2. The van der Waals surface area contributed by atoms with Gasteiger partial charge in [-0.15, -0.1) is 0 Å². The van der Waals surface area contributed by atoms with Gasteiger partial charge in [-0.3, -0.25) is 15.6 Å². The lowest BCUT2D eigenvalue weighted by Gasteiger charge is -2.08. The smallest absolute Gasteiger partial charge is 0.274 e. The van der Waals surface area contributed by atoms with E-state index >= 15 is 0 Å². The summed E-state index contributed by atoms with van der Waals surface area (Å²) in [5.74, 6) is 4.98. The van der Waals surface area contributed by atoms with E-state index in [1.54, 1.807) is 18.3 Å². The lowest BCUT2D eigenvalue weighted by molar-refractivity contribution is 0.102. The minimum Gasteiger partial charge on any atom is -0.323 e. The van der Waals surface area contributed by atoms with Crippen molar-refractivity contribution in [3.05, 3.63) is 60.6 Å². The summed E-state index contributed by atoms with van der Waals surface area (Å²) in [5.41, 5.74) is 4.95. The van der Waals surface area contributed by atoms with Gasteiger partial charge in [0, 0.05) is 11.6 Å². The molecule has 2 aromatic heterocycles. The second-order valence-electron chi connectivity index (χ2n) is 4.41. The molecule has 3 aromatic rings. The zero-order valence-electron chi connectivity index (χ0n) is 11.1. The molecule has 0 spiro atoms. The highest BCUT2D eigenvalue weighted by molar-refractivity contribution is 6.07. The molecule has 0 fully saturated rings. The number of hydrogen-bond donors (Lipinski definition) is 3. The van der Waals surface area contributed by atoms with E-state index < -0.39 is 0 Å². The first kappa shape index (κ1) is 13.0. The maximum Gasteiger partial charge on any atom is 0.274 e. The van der Waals surface area contributed by atoms with Crippen molar-refractivity contribution in [2.24, 2.45) is 5.84 Å². The van der Waals surface area contributed by atoms with E-state index in [4.69, 9.17) is 5.84 Å². The molecule has 1 aromatic carbocycles. The van der Waals surface area contributed by atoms with Crippen LogP contribution in [0.3, 0.4) is 0 Å². The van der Waals surface area contributed by atoms with Gasteiger partial charge in [-0.2, -0.15) is 0 Å². The Labute approximate surface area is 121 Å². The summed E-state index contributed by atoms with van der Waals surface area (Å²) in [6.45, 7) is 0. The monoisotopic (exact) mass is 279 g/mol. The number of hydrogen-bond acceptors (Lipinski definition) is 5. The summed E-state index contributed by atoms with van der Waals surface area (Å²) >= 11 is 0. The van der Waals surface area contributed by atoms with Crippen LogP contribution in [0.1, 0.15) is 10.5 Å². The summed E-state index contributed by atoms with van der Waals surface area (Å²) in [6, 6.07) is 12.6. The van der Waals surface area contributed by atoms with E-state index in [0.717, 1.165) is 10.9 Å². The van der Waals surface area contributed by atoms with Crippen molar-refractivity contribution in [1.82, 2.24) is 9.97 Å². The van der Waals surface area contributed by atoms with Gasteiger partial charge in [-0.05, 0) is 36.4 Å². The Kier molecular flexibility index (Phi) is 3.44. The minimum atomic E-state index is -0.282. The van der Waals surface area contributed by atoms with Crippen molar-refractivity contribution in [3.8, 4) is 0 Å². The molecule has 0 saturated heterocycles. The number of nitrogens with zero attached hydrogens (tertiary/aromatic N) is 2. The van der Waals surface area contributed by atoms with Gasteiger partial charge in [0.05, 0.1) is 23.1 Å². The number of nitrogens with two attached hydrogens (primary N) is 1. The van der Waals surface area contributed by atoms with Gasteiger partial charge in [-0.1, -0.05) is 6.07 Å². The SMILES string of the molecule is NNc1ccc(C(=O)Nc2cccc3ncccc23)nc1. The predicted molar refractivity (Wildman–Crippen MR) is 81.7 cm³/mol. The number of benzene rings is 1. The highest BCUT2D eigenvalue weighted by Crippen LogP contribution is 2.21. The van der Waals surface area contributed by atoms with Crippen LogP contribution in [0.25, 0.3) is 10.9 Å². The molecular weight excluding hydrogens is 266 g/mol. The highest BCUT2D eigenvalue weighted by atomic mass is 16.1. The van der Waals surface area contributed by atoms with Crippen molar-refractivity contribution in [2.75, 3.05) is 10.7 Å². The fourth-order valence-corrected chi connectivity index (χ4v) is 2.01. The van der Waals surface area contributed by atoms with Crippen molar-refractivity contribution < 1.29 is 4.79 Å². The molecule has 6 heteroatoms. The van der Waals surface area contributed by atoms with E-state index in [2.05, 4.69) is 20.7 Å². The molecule has 0 bridgehead atoms. The summed E-state index contributed by atoms with van der Waals surface area (Å²) in [4.78, 5) is 20.5. The van der Waals surface area contributed by atoms with Crippen molar-refractivity contribution in [3.63, 3.8) is 0 Å². The van der Waals surface area contributed by atoms with Gasteiger partial charge in [-0.25, -0.2) is 4.98 Å². The van der Waals surface area contributed by atoms with Gasteiger partial charge in [0.25, 0.3) is 5.91 Å². The van der Waals surface area contributed by atoms with Crippen LogP contribution in [0.2, 0.25) is 0 Å². The Morgan fingerprint density at radius 3 is 2.71 bits per heavy atom. The average Bonchev–Trinajstić information content (AvgIpc) is 2.55. The van der Waals surface area contributed by atoms with Gasteiger partial charge in [0.1, 0.15) is 5.69 Å². The van der Waals surface area contributed by atoms with Crippen LogP contribution in [0.4, 0.5) is 11.4 Å². The first-order valence-corrected chi connectivity index (χ1v) is 6.36. The second-order valence-corrected chi connectivity index (χ2v) is 4.41. The van der Waals surface area contributed by atoms with Crippen LogP contribution in [-0.2, 0) is 0 Å². The maximum atomic E-state index is 12.2. The Balaban J connectivity index is 1.89. The first-order chi connectivity index (χ1) is 10.3. The number of nitrogen functional groups attached to an aromatic ring is 1. The third kappa shape index (κ3) is 2.65. The number of aromatic nitrogens is 2. The molecule has 0 saturated carbocycles. The van der Waals surface area contributed by atoms with E-state index in [0.29, 0.717) is 17.1 Å². The Morgan fingerprint density at radius 2 is 1.95 bits per heavy atom. The summed E-state index contributed by atoms with van der Waals surface area (Å²) in [6.07, 6.45) is 3.22. The number of pyridine rings is 2. The third-order valence-electron chi connectivity index (χ3n) is 3.06. The van der Waals surface area contributed by atoms with Crippen LogP contribution in [0.5, 0.6) is 0 Å². The van der Waals surface area contributed by atoms with Crippen LogP contribution in [0.15, 0.2) is 54.9 Å². The number of carbonyl (C=O) groups is 1. The zero-order valence-corrected chi connectivity index (χ0v) is 11.1. The number of hydrazine groups is 1. The number of rotatable bonds is 3. The molecule has 4 N–H and O–H groups in total. The molecule has 1 amide bonds. The molecule has 3 rings (SSSR count). The van der Waals surface area contributed by atoms with Crippen LogP contribution < -0.4 is 16.6 Å². The van der Waals surface area contributed by atoms with Crippen molar-refractivity contribution in [1.29, 1.82) is 0 Å². The van der Waals surface area contributed by atoms with Crippen molar-refractivity contribution in [2.45, 2.75) is 0 Å². The Hall–Kier alpha value is -2.99. The summed E-state index contributed by atoms with van der Waals surface area (Å²) < 4.78 is 0. The molecular formula is C15H13N5O. The molecule has 21 heavy (non-hydrogen) atoms. The van der Waals surface area contributed by atoms with Crippen molar-refractivity contribution >= 4 is 28.2 Å². The Morgan fingerprint density at radius 1 is 1.05 bits per heavy atom. The number of anilines is 2. The fraction of sp³-hybridized carbons (Fsp3) is 0. The average molecular weight is 279 g/mol. The van der Waals surface area contributed by atoms with E-state index in [9.17, 15) is 4.79 Å². The third-order valence-corrected chi connectivity index (χ3v) is 3.06. The Bertz CT molecular complexity index is 780. The molecule has 0 atom stereocenters. The molecule has 2 heterocycles. The summed E-state index contributed by atoms with van der Waals surface area (Å²) in [5, 5.41) is 3.73. The van der Waals surface area contributed by atoms with Crippen LogP contribution in [0, 0.1) is 0 Å². The number of amides is 1. The van der Waals surface area contributed by atoms with Gasteiger partial charge < -0.3 is 10.7 Å². The lowest BCUT2D eigenvalue weighted by Crippen LogP contribution is -2.14. The lowest BCUT2D eigenvalue weighted by atomic mass is 10.2. The standard InChI is InChI=1S/C15H13N5O/c16-20-10-6-7-14(18-9-10)15(21)19-13-5-1-4-12-11(13)3-2-8-17-12/h1-9,20H,16H2,(H,19,21). The van der Waals surface area contributed by atoms with E-state index in [1.165, 1.54) is 6.20 Å². The number of fused-ring (bicyclic) bond motifs is 1. The molecule has 0 unspecified atom stereocenters. The molecule has 0 aliphatic heterocycles. The highest BCUT2D eigenvalue weighted by Gasteiger charge is 2.09. The van der Waals surface area contributed by atoms with Gasteiger partial charge >= 0.3 is 0 Å². The quantitative estimate of drug-likeness (QED) is 0.504. The minimum absolute atomic E-state index is 0.282. The normalized spacial score (nSPS) is 10.3. The number of nitrogens with one attached hydrogen (secondary N) is 2. The van der Waals surface area contributed by atoms with Gasteiger partial charge in [0.2, 0.25) is 0 Å². The number of carbonyl (C=O) groups excluding carboxylic acids is 1. The summed E-state index contributed by atoms with van der Waals surface area (Å²) in [7, 11) is 0. The predicted octanol–water partition coefficient (Wildman–Crippen LogP) is 2.17. The molecule has 0 aliphatic rings. The second kappa shape index (κ2) is 5.56.